The molecule has 0 saturated heterocycles. The highest BCUT2D eigenvalue weighted by Crippen LogP contribution is 2.11. The van der Waals surface area contributed by atoms with Crippen LogP contribution in [0.15, 0.2) is 73.3 Å². The number of amides is 4. The van der Waals surface area contributed by atoms with Crippen molar-refractivity contribution in [2.45, 2.75) is 0 Å². The molecule has 0 spiro atoms. The molecule has 0 unspecified atom stereocenters. The molecule has 0 atom stereocenters. The van der Waals surface area contributed by atoms with Gasteiger partial charge >= 0.3 is 0 Å². The molecule has 0 aliphatic carbocycles. The molecule has 182 valence electrons. The molecule has 2 aromatic heterocycles. The van der Waals surface area contributed by atoms with Crippen molar-refractivity contribution in [1.29, 1.82) is 0 Å². The first-order chi connectivity index (χ1) is 17.5. The summed E-state index contributed by atoms with van der Waals surface area (Å²) >= 11 is 0. The number of aromatic nitrogens is 4. The third kappa shape index (κ3) is 5.80. The summed E-state index contributed by atoms with van der Waals surface area (Å²) in [5.74, 6) is -2.21. The van der Waals surface area contributed by atoms with Gasteiger partial charge in [0.2, 0.25) is 0 Å². The number of carbonyl (C=O) groups is 4. The zero-order chi connectivity index (χ0) is 25.3. The van der Waals surface area contributed by atoms with Gasteiger partial charge in [0, 0.05) is 24.5 Å². The van der Waals surface area contributed by atoms with Gasteiger partial charge in [-0.25, -0.2) is 9.97 Å². The van der Waals surface area contributed by atoms with E-state index in [1.54, 1.807) is 48.5 Å². The summed E-state index contributed by atoms with van der Waals surface area (Å²) in [6, 6.07) is 17.5. The number of imidazole rings is 2. The van der Waals surface area contributed by atoms with E-state index in [4.69, 9.17) is 0 Å². The van der Waals surface area contributed by atoms with Crippen LogP contribution >= 0.6 is 0 Å². The second-order valence-corrected chi connectivity index (χ2v) is 7.40. The third-order valence-electron chi connectivity index (χ3n) is 4.92. The molecule has 2 aromatic carbocycles. The Bertz CT molecular complexity index is 1260. The van der Waals surface area contributed by atoms with E-state index < -0.39 is 23.6 Å². The van der Waals surface area contributed by atoms with Gasteiger partial charge in [0.25, 0.3) is 23.6 Å². The molecule has 0 aliphatic heterocycles. The molecule has 36 heavy (non-hydrogen) atoms. The molecule has 0 aliphatic rings. The first-order valence-corrected chi connectivity index (χ1v) is 10.9. The number of anilines is 2. The van der Waals surface area contributed by atoms with Crippen LogP contribution in [0.4, 0.5) is 11.4 Å². The van der Waals surface area contributed by atoms with Gasteiger partial charge in [-0.15, -0.1) is 0 Å². The Labute approximate surface area is 204 Å². The Morgan fingerprint density at radius 3 is 1.36 bits per heavy atom. The highest BCUT2D eigenvalue weighted by molar-refractivity contribution is 6.11. The molecule has 2 heterocycles. The fourth-order valence-electron chi connectivity index (χ4n) is 3.23. The number of benzene rings is 2. The van der Waals surface area contributed by atoms with Crippen molar-refractivity contribution in [1.82, 2.24) is 30.6 Å². The summed E-state index contributed by atoms with van der Waals surface area (Å²) in [5.41, 5.74) is 0.982. The fourth-order valence-corrected chi connectivity index (χ4v) is 3.23. The van der Waals surface area contributed by atoms with Gasteiger partial charge in [-0.2, -0.15) is 0 Å². The Morgan fingerprint density at radius 1 is 0.583 bits per heavy atom. The molecule has 6 N–H and O–H groups in total. The van der Waals surface area contributed by atoms with E-state index in [0.29, 0.717) is 11.4 Å². The summed E-state index contributed by atoms with van der Waals surface area (Å²) in [6.45, 7) is 0.117. The Kier molecular flexibility index (Phi) is 7.46. The molecule has 0 bridgehead atoms. The van der Waals surface area contributed by atoms with Gasteiger partial charge in [0.05, 0.1) is 12.7 Å². The SMILES string of the molecule is O=C(Nc1ccccc1)c1nc[nH]c1C(=O)NCCNC(=O)c1[nH]cnc1C(=O)Nc1ccccc1. The molecule has 0 fully saturated rings. The molecule has 0 saturated carbocycles. The van der Waals surface area contributed by atoms with Gasteiger partial charge in [0.15, 0.2) is 11.4 Å². The molecular formula is C24H22N8O4. The molecule has 12 heteroatoms. The summed E-state index contributed by atoms with van der Waals surface area (Å²) in [4.78, 5) is 63.2. The van der Waals surface area contributed by atoms with E-state index in [1.165, 1.54) is 12.7 Å². The quantitative estimate of drug-likeness (QED) is 0.197. The predicted molar refractivity (Wildman–Crippen MR) is 131 cm³/mol. The van der Waals surface area contributed by atoms with Crippen molar-refractivity contribution in [3.05, 3.63) is 96.1 Å². The molecule has 4 rings (SSSR count). The summed E-state index contributed by atoms with van der Waals surface area (Å²) < 4.78 is 0. The number of H-pyrrole nitrogens is 2. The number of hydrogen-bond donors (Lipinski definition) is 6. The second kappa shape index (κ2) is 11.2. The number of hydrogen-bond acceptors (Lipinski definition) is 6. The maximum atomic E-state index is 12.5. The largest absolute Gasteiger partial charge is 0.349 e. The third-order valence-corrected chi connectivity index (χ3v) is 4.92. The minimum absolute atomic E-state index is 0.0109. The van der Waals surface area contributed by atoms with Gasteiger partial charge < -0.3 is 31.2 Å². The lowest BCUT2D eigenvalue weighted by molar-refractivity contribution is 0.0916. The van der Waals surface area contributed by atoms with Crippen LogP contribution in [0.5, 0.6) is 0 Å². The van der Waals surface area contributed by atoms with Crippen LogP contribution in [0.25, 0.3) is 0 Å². The Morgan fingerprint density at radius 2 is 0.972 bits per heavy atom. The first-order valence-electron chi connectivity index (χ1n) is 10.9. The number of nitrogens with zero attached hydrogens (tertiary/aromatic N) is 2. The van der Waals surface area contributed by atoms with Gasteiger partial charge in [0.1, 0.15) is 11.4 Å². The van der Waals surface area contributed by atoms with E-state index in [2.05, 4.69) is 41.2 Å². The highest BCUT2D eigenvalue weighted by atomic mass is 16.2. The molecular weight excluding hydrogens is 464 g/mol. The van der Waals surface area contributed by atoms with Crippen LogP contribution < -0.4 is 21.3 Å². The Balaban J connectivity index is 1.27. The average molecular weight is 486 g/mol. The van der Waals surface area contributed by atoms with E-state index >= 15 is 0 Å². The van der Waals surface area contributed by atoms with Crippen molar-refractivity contribution >= 4 is 35.0 Å². The zero-order valence-electron chi connectivity index (χ0n) is 18.9. The average Bonchev–Trinajstić information content (AvgIpc) is 3.58. The summed E-state index contributed by atoms with van der Waals surface area (Å²) in [5, 5.41) is 10.5. The Hall–Kier alpha value is -5.26. The first kappa shape index (κ1) is 23.9. The van der Waals surface area contributed by atoms with E-state index in [-0.39, 0.29) is 35.9 Å². The minimum Gasteiger partial charge on any atom is -0.349 e. The van der Waals surface area contributed by atoms with Crippen molar-refractivity contribution in [3.63, 3.8) is 0 Å². The lowest BCUT2D eigenvalue weighted by Gasteiger charge is -2.08. The van der Waals surface area contributed by atoms with Gasteiger partial charge in [-0.3, -0.25) is 19.2 Å². The highest BCUT2D eigenvalue weighted by Gasteiger charge is 2.22. The predicted octanol–water partition coefficient (Wildman–Crippen LogP) is 1.80. The van der Waals surface area contributed by atoms with Crippen LogP contribution in [-0.4, -0.2) is 56.7 Å². The van der Waals surface area contributed by atoms with E-state index in [1.807, 2.05) is 12.1 Å². The van der Waals surface area contributed by atoms with E-state index in [9.17, 15) is 19.2 Å². The number of aromatic amines is 2. The van der Waals surface area contributed by atoms with Crippen LogP contribution in [0.1, 0.15) is 42.0 Å². The number of para-hydroxylation sites is 2. The monoisotopic (exact) mass is 486 g/mol. The lowest BCUT2D eigenvalue weighted by Crippen LogP contribution is -2.36. The standard InChI is InChI=1S/C24H22N8O4/c33-21(17-19(29-13-27-17)23(35)31-15-7-3-1-4-8-15)25-11-12-26-22(34)18-20(30-14-28-18)24(36)32-16-9-5-2-6-10-16/h1-10,13-14H,11-12H2,(H,25,33)(H,26,34)(H,27,29)(H,28,30)(H,31,35)(H,32,36). The van der Waals surface area contributed by atoms with Gasteiger partial charge in [-0.05, 0) is 24.3 Å². The molecule has 0 radical (unpaired) electrons. The van der Waals surface area contributed by atoms with Crippen LogP contribution in [0, 0.1) is 0 Å². The van der Waals surface area contributed by atoms with Crippen LogP contribution in [0.3, 0.4) is 0 Å². The lowest BCUT2D eigenvalue weighted by atomic mass is 10.2. The van der Waals surface area contributed by atoms with Crippen molar-refractivity contribution in [2.75, 3.05) is 23.7 Å². The zero-order valence-corrected chi connectivity index (χ0v) is 18.9. The smallest absolute Gasteiger partial charge is 0.276 e. The van der Waals surface area contributed by atoms with Crippen LogP contribution in [-0.2, 0) is 0 Å². The van der Waals surface area contributed by atoms with E-state index in [0.717, 1.165) is 0 Å². The topological polar surface area (TPSA) is 174 Å². The normalized spacial score (nSPS) is 10.3. The van der Waals surface area contributed by atoms with Gasteiger partial charge in [-0.1, -0.05) is 36.4 Å². The van der Waals surface area contributed by atoms with Crippen molar-refractivity contribution in [2.24, 2.45) is 0 Å². The summed E-state index contributed by atoms with van der Waals surface area (Å²) in [6.07, 6.45) is 2.49. The maximum absolute atomic E-state index is 12.5. The minimum atomic E-state index is -0.565. The number of rotatable bonds is 9. The molecule has 4 aromatic rings. The maximum Gasteiger partial charge on any atom is 0.276 e. The molecule has 12 nitrogen and oxygen atoms in total. The second-order valence-electron chi connectivity index (χ2n) is 7.40. The van der Waals surface area contributed by atoms with Crippen molar-refractivity contribution < 1.29 is 19.2 Å². The van der Waals surface area contributed by atoms with Crippen LogP contribution in [0.2, 0.25) is 0 Å². The number of nitrogens with one attached hydrogen (secondary N) is 6. The summed E-state index contributed by atoms with van der Waals surface area (Å²) in [7, 11) is 0. The number of carbonyl (C=O) groups excluding carboxylic acids is 4. The molecule has 4 amide bonds. The fraction of sp³-hybridized carbons (Fsp3) is 0.0833. The van der Waals surface area contributed by atoms with Crippen molar-refractivity contribution in [3.8, 4) is 0 Å².